The molecule has 1 N–H and O–H groups in total. The van der Waals surface area contributed by atoms with E-state index in [9.17, 15) is 4.39 Å². The number of nitrogens with one attached hydrogen (secondary N) is 1. The van der Waals surface area contributed by atoms with Crippen LogP contribution in [-0.2, 0) is 11.3 Å². The van der Waals surface area contributed by atoms with Crippen LogP contribution in [0.4, 0.5) is 4.39 Å². The summed E-state index contributed by atoms with van der Waals surface area (Å²) in [6.45, 7) is 6.94. The highest BCUT2D eigenvalue weighted by atomic mass is 19.1. The first-order chi connectivity index (χ1) is 11.7. The molecule has 0 aliphatic carbocycles. The van der Waals surface area contributed by atoms with E-state index in [0.29, 0.717) is 0 Å². The van der Waals surface area contributed by atoms with E-state index < -0.39 is 0 Å². The van der Waals surface area contributed by atoms with Crippen molar-refractivity contribution in [1.82, 2.24) is 10.2 Å². The summed E-state index contributed by atoms with van der Waals surface area (Å²) in [7, 11) is 0. The molecular weight excluding hydrogens is 303 g/mol. The van der Waals surface area contributed by atoms with Gasteiger partial charge in [-0.3, -0.25) is 4.90 Å². The lowest BCUT2D eigenvalue weighted by Crippen LogP contribution is -2.42. The minimum atomic E-state index is -0.177. The molecule has 0 amide bonds. The first-order valence-corrected chi connectivity index (χ1v) is 8.56. The highest BCUT2D eigenvalue weighted by molar-refractivity contribution is 5.22. The van der Waals surface area contributed by atoms with Crippen LogP contribution in [0.15, 0.2) is 48.5 Å². The summed E-state index contributed by atoms with van der Waals surface area (Å²) in [5, 5.41) is 3.53. The molecule has 1 heterocycles. The third-order valence-corrected chi connectivity index (χ3v) is 4.51. The Morgan fingerprint density at radius 1 is 1.12 bits per heavy atom. The predicted octanol–water partition coefficient (Wildman–Crippen LogP) is 3.30. The van der Waals surface area contributed by atoms with Crippen LogP contribution in [0.25, 0.3) is 0 Å². The molecular formula is C20H25FN2O. The molecule has 1 fully saturated rings. The van der Waals surface area contributed by atoms with Gasteiger partial charge < -0.3 is 10.1 Å². The summed E-state index contributed by atoms with van der Waals surface area (Å²) in [6, 6.07) is 15.7. The monoisotopic (exact) mass is 328 g/mol. The first-order valence-electron chi connectivity index (χ1n) is 8.56. The number of halogens is 1. The molecule has 4 heteroatoms. The second-order valence-corrected chi connectivity index (χ2v) is 6.34. The van der Waals surface area contributed by atoms with Gasteiger partial charge in [0.2, 0.25) is 0 Å². The fourth-order valence-corrected chi connectivity index (χ4v) is 3.12. The van der Waals surface area contributed by atoms with Crippen LogP contribution < -0.4 is 5.32 Å². The van der Waals surface area contributed by atoms with Gasteiger partial charge >= 0.3 is 0 Å². The van der Waals surface area contributed by atoms with E-state index in [1.165, 1.54) is 17.2 Å². The van der Waals surface area contributed by atoms with Crippen molar-refractivity contribution in [3.8, 4) is 0 Å². The number of hydrogen-bond acceptors (Lipinski definition) is 3. The molecule has 2 aromatic rings. The number of benzene rings is 2. The third-order valence-electron chi connectivity index (χ3n) is 4.51. The Labute approximate surface area is 143 Å². The summed E-state index contributed by atoms with van der Waals surface area (Å²) in [6.07, 6.45) is 0. The zero-order chi connectivity index (χ0) is 16.8. The number of morpholine rings is 1. The van der Waals surface area contributed by atoms with Gasteiger partial charge in [0.25, 0.3) is 0 Å². The van der Waals surface area contributed by atoms with Gasteiger partial charge in [-0.1, -0.05) is 42.0 Å². The van der Waals surface area contributed by atoms with Gasteiger partial charge in [-0.25, -0.2) is 4.39 Å². The number of hydrogen-bond donors (Lipinski definition) is 1. The highest BCUT2D eigenvalue weighted by Gasteiger charge is 2.22. The van der Waals surface area contributed by atoms with Crippen molar-refractivity contribution in [2.45, 2.75) is 19.5 Å². The van der Waals surface area contributed by atoms with E-state index in [1.807, 2.05) is 6.07 Å². The van der Waals surface area contributed by atoms with E-state index in [0.717, 1.165) is 45.0 Å². The van der Waals surface area contributed by atoms with E-state index in [2.05, 4.69) is 41.4 Å². The molecule has 0 aromatic heterocycles. The Morgan fingerprint density at radius 2 is 1.88 bits per heavy atom. The Morgan fingerprint density at radius 3 is 2.58 bits per heavy atom. The molecule has 0 saturated carbocycles. The molecule has 1 saturated heterocycles. The van der Waals surface area contributed by atoms with Crippen LogP contribution in [0.2, 0.25) is 0 Å². The molecule has 0 radical (unpaired) electrons. The Kier molecular flexibility index (Phi) is 5.96. The molecule has 0 bridgehead atoms. The Balaban J connectivity index is 1.66. The average Bonchev–Trinajstić information content (AvgIpc) is 2.61. The van der Waals surface area contributed by atoms with Crippen molar-refractivity contribution < 1.29 is 9.13 Å². The summed E-state index contributed by atoms with van der Waals surface area (Å²) in [5.74, 6) is -0.177. The van der Waals surface area contributed by atoms with Crippen molar-refractivity contribution in [3.63, 3.8) is 0 Å². The number of rotatable bonds is 6. The van der Waals surface area contributed by atoms with Gasteiger partial charge in [0.15, 0.2) is 0 Å². The lowest BCUT2D eigenvalue weighted by Gasteiger charge is -2.35. The molecule has 0 spiro atoms. The van der Waals surface area contributed by atoms with Crippen LogP contribution in [-0.4, -0.2) is 37.7 Å². The van der Waals surface area contributed by atoms with Gasteiger partial charge in [0.05, 0.1) is 13.2 Å². The largest absolute Gasteiger partial charge is 0.379 e. The SMILES string of the molecule is Cc1ccc(CNCC(c2cccc(F)c2)N2CCOCC2)cc1. The molecule has 3 nitrogen and oxygen atoms in total. The first kappa shape index (κ1) is 17.1. The van der Waals surface area contributed by atoms with Crippen molar-refractivity contribution in [2.24, 2.45) is 0 Å². The maximum Gasteiger partial charge on any atom is 0.123 e. The van der Waals surface area contributed by atoms with Crippen molar-refractivity contribution in [3.05, 3.63) is 71.0 Å². The molecule has 1 atom stereocenters. The molecule has 2 aromatic carbocycles. The molecule has 1 aliphatic rings. The minimum absolute atomic E-state index is 0.162. The maximum atomic E-state index is 13.7. The minimum Gasteiger partial charge on any atom is -0.379 e. The fraction of sp³-hybridized carbons (Fsp3) is 0.400. The summed E-state index contributed by atoms with van der Waals surface area (Å²) in [5.41, 5.74) is 3.55. The fourth-order valence-electron chi connectivity index (χ4n) is 3.12. The Hall–Kier alpha value is -1.75. The zero-order valence-corrected chi connectivity index (χ0v) is 14.2. The topological polar surface area (TPSA) is 24.5 Å². The van der Waals surface area contributed by atoms with E-state index in [1.54, 1.807) is 12.1 Å². The van der Waals surface area contributed by atoms with Crippen LogP contribution in [0, 0.1) is 12.7 Å². The molecule has 3 rings (SSSR count). The second kappa shape index (κ2) is 8.38. The van der Waals surface area contributed by atoms with Crippen LogP contribution in [0.3, 0.4) is 0 Å². The molecule has 1 unspecified atom stereocenters. The van der Waals surface area contributed by atoms with Gasteiger partial charge in [-0.15, -0.1) is 0 Å². The zero-order valence-electron chi connectivity index (χ0n) is 14.2. The van der Waals surface area contributed by atoms with Crippen LogP contribution in [0.5, 0.6) is 0 Å². The number of nitrogens with zero attached hydrogens (tertiary/aromatic N) is 1. The highest BCUT2D eigenvalue weighted by Crippen LogP contribution is 2.22. The smallest absolute Gasteiger partial charge is 0.123 e. The van der Waals surface area contributed by atoms with Crippen molar-refractivity contribution in [1.29, 1.82) is 0 Å². The average molecular weight is 328 g/mol. The Bertz CT molecular complexity index is 638. The van der Waals surface area contributed by atoms with Gasteiger partial charge in [0, 0.05) is 32.2 Å². The normalized spacial score (nSPS) is 16.9. The van der Waals surface area contributed by atoms with E-state index in [4.69, 9.17) is 4.74 Å². The quantitative estimate of drug-likeness (QED) is 0.880. The predicted molar refractivity (Wildman–Crippen MR) is 94.4 cm³/mol. The standard InChI is InChI=1S/C20H25FN2O/c1-16-5-7-17(8-6-16)14-22-15-20(23-9-11-24-12-10-23)18-3-2-4-19(21)13-18/h2-8,13,20,22H,9-12,14-15H2,1H3. The molecule has 1 aliphatic heterocycles. The van der Waals surface area contributed by atoms with Crippen LogP contribution in [0.1, 0.15) is 22.7 Å². The van der Waals surface area contributed by atoms with Gasteiger partial charge in [-0.05, 0) is 30.2 Å². The maximum absolute atomic E-state index is 13.7. The molecule has 24 heavy (non-hydrogen) atoms. The number of ether oxygens (including phenoxy) is 1. The number of aryl methyl sites for hydroxylation is 1. The summed E-state index contributed by atoms with van der Waals surface area (Å²) < 4.78 is 19.1. The second-order valence-electron chi connectivity index (χ2n) is 6.34. The summed E-state index contributed by atoms with van der Waals surface area (Å²) in [4.78, 5) is 2.38. The lowest BCUT2D eigenvalue weighted by atomic mass is 10.0. The van der Waals surface area contributed by atoms with Gasteiger partial charge in [-0.2, -0.15) is 0 Å². The van der Waals surface area contributed by atoms with Crippen molar-refractivity contribution in [2.75, 3.05) is 32.8 Å². The third kappa shape index (κ3) is 4.63. The lowest BCUT2D eigenvalue weighted by molar-refractivity contribution is 0.0160. The van der Waals surface area contributed by atoms with Crippen LogP contribution >= 0.6 is 0 Å². The van der Waals surface area contributed by atoms with Gasteiger partial charge in [0.1, 0.15) is 5.82 Å². The van der Waals surface area contributed by atoms with E-state index >= 15 is 0 Å². The summed E-state index contributed by atoms with van der Waals surface area (Å²) >= 11 is 0. The van der Waals surface area contributed by atoms with Crippen molar-refractivity contribution >= 4 is 0 Å². The molecule has 128 valence electrons. The van der Waals surface area contributed by atoms with E-state index in [-0.39, 0.29) is 11.9 Å².